The lowest BCUT2D eigenvalue weighted by atomic mass is 9.92. The van der Waals surface area contributed by atoms with Crippen LogP contribution in [0.2, 0.25) is 0 Å². The van der Waals surface area contributed by atoms with Gasteiger partial charge < -0.3 is 10.2 Å². The molecule has 0 atom stereocenters. The van der Waals surface area contributed by atoms with Crippen LogP contribution < -0.4 is 5.73 Å². The van der Waals surface area contributed by atoms with Crippen LogP contribution >= 0.6 is 15.9 Å². The van der Waals surface area contributed by atoms with E-state index in [9.17, 15) is 0 Å². The van der Waals surface area contributed by atoms with Crippen molar-refractivity contribution in [3.63, 3.8) is 0 Å². The number of nitrogen functional groups attached to an aromatic ring is 1. The largest absolute Gasteiger partial charge is 0.472 e. The predicted molar refractivity (Wildman–Crippen MR) is 70.5 cm³/mol. The summed E-state index contributed by atoms with van der Waals surface area (Å²) in [6.45, 7) is 6.25. The molecule has 5 heteroatoms. The number of anilines is 1. The number of hydrogen-bond donors (Lipinski definition) is 1. The third kappa shape index (κ3) is 2.34. The Balaban J connectivity index is 2.62. The van der Waals surface area contributed by atoms with E-state index in [4.69, 9.17) is 10.2 Å². The van der Waals surface area contributed by atoms with Gasteiger partial charge in [-0.1, -0.05) is 20.8 Å². The van der Waals surface area contributed by atoms with Gasteiger partial charge in [0, 0.05) is 5.41 Å². The van der Waals surface area contributed by atoms with Crippen molar-refractivity contribution in [2.75, 3.05) is 5.73 Å². The molecule has 90 valence electrons. The molecule has 0 saturated heterocycles. The standard InChI is InChI=1S/C12H14BrN3O/c1-12(2,3)9-8(13)10(14)16-11(15-9)7-4-5-17-6-7/h4-6H,1-3H3,(H2,14,15,16). The first-order chi connectivity index (χ1) is 7.89. The zero-order valence-electron chi connectivity index (χ0n) is 9.99. The summed E-state index contributed by atoms with van der Waals surface area (Å²) in [4.78, 5) is 8.80. The molecule has 0 unspecified atom stereocenters. The maximum absolute atomic E-state index is 5.90. The molecule has 4 nitrogen and oxygen atoms in total. The van der Waals surface area contributed by atoms with E-state index in [1.807, 2.05) is 6.07 Å². The third-order valence-electron chi connectivity index (χ3n) is 2.37. The molecule has 2 heterocycles. The second-order valence-electron chi connectivity index (χ2n) is 4.86. The molecule has 2 N–H and O–H groups in total. The van der Waals surface area contributed by atoms with E-state index in [-0.39, 0.29) is 5.41 Å². The van der Waals surface area contributed by atoms with Crippen molar-refractivity contribution in [1.82, 2.24) is 9.97 Å². The van der Waals surface area contributed by atoms with Gasteiger partial charge in [0.2, 0.25) is 0 Å². The van der Waals surface area contributed by atoms with Gasteiger partial charge in [0.25, 0.3) is 0 Å². The Labute approximate surface area is 108 Å². The molecule has 0 saturated carbocycles. The van der Waals surface area contributed by atoms with E-state index in [1.54, 1.807) is 12.5 Å². The van der Waals surface area contributed by atoms with E-state index in [0.717, 1.165) is 15.7 Å². The van der Waals surface area contributed by atoms with Crippen LogP contribution in [0.5, 0.6) is 0 Å². The van der Waals surface area contributed by atoms with Crippen LogP contribution in [-0.4, -0.2) is 9.97 Å². The quantitative estimate of drug-likeness (QED) is 0.876. The number of rotatable bonds is 1. The maximum Gasteiger partial charge on any atom is 0.165 e. The van der Waals surface area contributed by atoms with Gasteiger partial charge in [-0.25, -0.2) is 9.97 Å². The minimum atomic E-state index is -0.103. The van der Waals surface area contributed by atoms with Crippen LogP contribution in [0.4, 0.5) is 5.82 Å². The van der Waals surface area contributed by atoms with Crippen LogP contribution in [0.3, 0.4) is 0 Å². The van der Waals surface area contributed by atoms with E-state index in [2.05, 4.69) is 46.7 Å². The summed E-state index contributed by atoms with van der Waals surface area (Å²) in [6, 6.07) is 1.81. The van der Waals surface area contributed by atoms with Crippen LogP contribution in [-0.2, 0) is 5.41 Å². The molecule has 0 aliphatic heterocycles. The van der Waals surface area contributed by atoms with Gasteiger partial charge in [0.1, 0.15) is 12.1 Å². The first kappa shape index (κ1) is 12.1. The number of nitrogens with two attached hydrogens (primary N) is 1. The molecule has 0 fully saturated rings. The minimum Gasteiger partial charge on any atom is -0.472 e. The third-order valence-corrected chi connectivity index (χ3v) is 3.15. The second kappa shape index (κ2) is 4.14. The van der Waals surface area contributed by atoms with Crippen LogP contribution in [0.15, 0.2) is 27.5 Å². The molecule has 0 aliphatic carbocycles. The summed E-state index contributed by atoms with van der Waals surface area (Å²) in [5.41, 5.74) is 7.51. The Morgan fingerprint density at radius 2 is 2.00 bits per heavy atom. The number of halogens is 1. The highest BCUT2D eigenvalue weighted by Gasteiger charge is 2.22. The second-order valence-corrected chi connectivity index (χ2v) is 5.65. The molecular formula is C12H14BrN3O. The summed E-state index contributed by atoms with van der Waals surface area (Å²) in [5.74, 6) is 1.03. The molecule has 2 aromatic heterocycles. The molecule has 0 radical (unpaired) electrons. The smallest absolute Gasteiger partial charge is 0.165 e. The summed E-state index contributed by atoms with van der Waals surface area (Å²) >= 11 is 3.44. The Bertz CT molecular complexity index is 529. The SMILES string of the molecule is CC(C)(C)c1nc(-c2ccoc2)nc(N)c1Br. The van der Waals surface area contributed by atoms with Gasteiger partial charge in [-0.15, -0.1) is 0 Å². The van der Waals surface area contributed by atoms with E-state index in [0.29, 0.717) is 11.6 Å². The lowest BCUT2D eigenvalue weighted by Gasteiger charge is -2.20. The van der Waals surface area contributed by atoms with Gasteiger partial charge in [0.05, 0.1) is 22.0 Å². The first-order valence-corrected chi connectivity index (χ1v) is 6.05. The van der Waals surface area contributed by atoms with E-state index in [1.165, 1.54) is 0 Å². The van der Waals surface area contributed by atoms with Crippen molar-refractivity contribution in [3.05, 3.63) is 28.8 Å². The normalized spacial score (nSPS) is 11.8. The fourth-order valence-electron chi connectivity index (χ4n) is 1.48. The predicted octanol–water partition coefficient (Wildman–Crippen LogP) is 3.38. The molecule has 0 aromatic carbocycles. The van der Waals surface area contributed by atoms with Crippen LogP contribution in [0.25, 0.3) is 11.4 Å². The number of furan rings is 1. The molecular weight excluding hydrogens is 282 g/mol. The Morgan fingerprint density at radius 1 is 1.29 bits per heavy atom. The number of hydrogen-bond acceptors (Lipinski definition) is 4. The summed E-state index contributed by atoms with van der Waals surface area (Å²) < 4.78 is 5.79. The molecule has 0 aliphatic rings. The Hall–Kier alpha value is -1.36. The highest BCUT2D eigenvalue weighted by molar-refractivity contribution is 9.10. The number of aromatic nitrogens is 2. The summed E-state index contributed by atoms with van der Waals surface area (Å²) in [7, 11) is 0. The lowest BCUT2D eigenvalue weighted by Crippen LogP contribution is -2.17. The van der Waals surface area contributed by atoms with Crippen molar-refractivity contribution >= 4 is 21.7 Å². The van der Waals surface area contributed by atoms with Gasteiger partial charge in [0.15, 0.2) is 5.82 Å². The lowest BCUT2D eigenvalue weighted by molar-refractivity contribution is 0.562. The average Bonchev–Trinajstić information content (AvgIpc) is 2.73. The average molecular weight is 296 g/mol. The van der Waals surface area contributed by atoms with Crippen molar-refractivity contribution in [1.29, 1.82) is 0 Å². The molecule has 2 rings (SSSR count). The Kier molecular flexibility index (Phi) is 2.95. The first-order valence-electron chi connectivity index (χ1n) is 5.25. The van der Waals surface area contributed by atoms with Crippen molar-refractivity contribution in [2.24, 2.45) is 0 Å². The van der Waals surface area contributed by atoms with Crippen molar-refractivity contribution in [2.45, 2.75) is 26.2 Å². The minimum absolute atomic E-state index is 0.103. The van der Waals surface area contributed by atoms with Crippen molar-refractivity contribution < 1.29 is 4.42 Å². The summed E-state index contributed by atoms with van der Waals surface area (Å²) in [5, 5.41) is 0. The van der Waals surface area contributed by atoms with Gasteiger partial charge >= 0.3 is 0 Å². The molecule has 0 bridgehead atoms. The molecule has 0 spiro atoms. The number of nitrogens with zero attached hydrogens (tertiary/aromatic N) is 2. The van der Waals surface area contributed by atoms with Crippen molar-refractivity contribution in [3.8, 4) is 11.4 Å². The molecule has 17 heavy (non-hydrogen) atoms. The van der Waals surface area contributed by atoms with Crippen LogP contribution in [0.1, 0.15) is 26.5 Å². The van der Waals surface area contributed by atoms with E-state index < -0.39 is 0 Å². The van der Waals surface area contributed by atoms with Gasteiger partial charge in [-0.2, -0.15) is 0 Å². The topological polar surface area (TPSA) is 64.9 Å². The van der Waals surface area contributed by atoms with Gasteiger partial charge in [-0.05, 0) is 22.0 Å². The fourth-order valence-corrected chi connectivity index (χ4v) is 2.25. The fraction of sp³-hybridized carbons (Fsp3) is 0.333. The summed E-state index contributed by atoms with van der Waals surface area (Å²) in [6.07, 6.45) is 3.20. The van der Waals surface area contributed by atoms with Crippen LogP contribution in [0, 0.1) is 0 Å². The highest BCUT2D eigenvalue weighted by Crippen LogP contribution is 2.33. The van der Waals surface area contributed by atoms with Gasteiger partial charge in [-0.3, -0.25) is 0 Å². The maximum atomic E-state index is 5.90. The molecule has 0 amide bonds. The Morgan fingerprint density at radius 3 is 2.53 bits per heavy atom. The zero-order valence-corrected chi connectivity index (χ0v) is 11.6. The van der Waals surface area contributed by atoms with E-state index >= 15 is 0 Å². The highest BCUT2D eigenvalue weighted by atomic mass is 79.9. The monoisotopic (exact) mass is 295 g/mol. The zero-order chi connectivity index (χ0) is 12.6. The molecule has 2 aromatic rings.